The molecule has 5 aromatic rings. The number of carbonyl (C=O) groups excluding carboxylic acids is 2. The Morgan fingerprint density at radius 1 is 0.865 bits per heavy atom. The maximum absolute atomic E-state index is 14.1. The molecule has 22 heteroatoms. The molecule has 74 heavy (non-hydrogen) atoms. The Balaban J connectivity index is 0.974. The van der Waals surface area contributed by atoms with Crippen molar-refractivity contribution in [1.29, 1.82) is 0 Å². The van der Waals surface area contributed by atoms with E-state index in [2.05, 4.69) is 51.1 Å². The van der Waals surface area contributed by atoms with Gasteiger partial charge < -0.3 is 29.6 Å². The summed E-state index contributed by atoms with van der Waals surface area (Å²) in [6.07, 6.45) is 6.13. The third kappa shape index (κ3) is 13.1. The van der Waals surface area contributed by atoms with Gasteiger partial charge in [-0.2, -0.15) is 13.2 Å². The monoisotopic (exact) mass is 1080 g/mol. The molecule has 0 spiro atoms. The summed E-state index contributed by atoms with van der Waals surface area (Å²) in [5.74, 6) is -0.968. The molecule has 0 bridgehead atoms. The summed E-state index contributed by atoms with van der Waals surface area (Å²) in [5, 5.41) is 4.12. The van der Waals surface area contributed by atoms with Crippen LogP contribution in [0.5, 0.6) is 11.5 Å². The van der Waals surface area contributed by atoms with Crippen LogP contribution in [0, 0.1) is 5.41 Å². The van der Waals surface area contributed by atoms with Crippen molar-refractivity contribution in [2.24, 2.45) is 5.41 Å². The fourth-order valence-corrected chi connectivity index (χ4v) is 11.6. The number of carbonyl (C=O) groups is 2. The van der Waals surface area contributed by atoms with Crippen LogP contribution in [0.25, 0.3) is 16.6 Å². The number of anilines is 2. The molecule has 8 rings (SSSR count). The van der Waals surface area contributed by atoms with Crippen molar-refractivity contribution in [3.05, 3.63) is 107 Å². The minimum absolute atomic E-state index is 0.0266. The summed E-state index contributed by atoms with van der Waals surface area (Å²) < 4.78 is 110. The number of hydrogen-bond acceptors (Lipinski definition) is 13. The predicted molar refractivity (Wildman–Crippen MR) is 279 cm³/mol. The van der Waals surface area contributed by atoms with Crippen molar-refractivity contribution in [2.75, 3.05) is 82.2 Å². The van der Waals surface area contributed by atoms with Crippen LogP contribution in [0.4, 0.5) is 29.3 Å². The van der Waals surface area contributed by atoms with Crippen molar-refractivity contribution in [3.63, 3.8) is 0 Å². The summed E-state index contributed by atoms with van der Waals surface area (Å²) in [5.41, 5.74) is -1.71. The average Bonchev–Trinajstić information content (AvgIpc) is 3.81. The molecule has 2 aromatic heterocycles. The van der Waals surface area contributed by atoms with Crippen molar-refractivity contribution in [2.45, 2.75) is 81.2 Å². The summed E-state index contributed by atoms with van der Waals surface area (Å²) in [6.45, 7) is 15.8. The normalized spacial score (nSPS) is 17.4. The van der Waals surface area contributed by atoms with E-state index in [9.17, 15) is 39.6 Å². The molecule has 3 N–H and O–H groups in total. The first kappa shape index (κ1) is 54.4. The van der Waals surface area contributed by atoms with E-state index in [0.717, 1.165) is 51.0 Å². The molecule has 1 aliphatic carbocycles. The summed E-state index contributed by atoms with van der Waals surface area (Å²) in [7, 11) is -11.1. The molecule has 2 aliphatic heterocycles. The maximum Gasteiger partial charge on any atom is 0.501 e. The Kier molecular flexibility index (Phi) is 16.0. The number of hydrogen-bond donors (Lipinski definition) is 3. The SMILES string of the molecule is CC1(C)CCC(c2ccc(Cl)cc2)=C(CN2CCN(c3ccc(C(=O)NS(=O)(=O)c4ccc(NCCCN5CCN(C(=O)OC(C)(C)C)CC5)c(S(=O)(=O)C(F)(F)F)c4)c(Oc4cnc5[nH]ccc5c4)c3)CC2)C1. The van der Waals surface area contributed by atoms with Crippen molar-refractivity contribution < 1.29 is 49.1 Å². The van der Waals surface area contributed by atoms with E-state index >= 15 is 0 Å². The molecule has 4 heterocycles. The lowest BCUT2D eigenvalue weighted by Crippen LogP contribution is -2.50. The number of H-pyrrole nitrogens is 1. The van der Waals surface area contributed by atoms with Crippen LogP contribution in [0.1, 0.15) is 76.2 Å². The summed E-state index contributed by atoms with van der Waals surface area (Å²) in [4.78, 5) is 39.9. The number of sulfonamides is 1. The number of ether oxygens (including phenoxy) is 2. The number of nitrogens with zero attached hydrogens (tertiary/aromatic N) is 5. The molecule has 2 fully saturated rings. The van der Waals surface area contributed by atoms with Gasteiger partial charge in [-0.3, -0.25) is 14.6 Å². The van der Waals surface area contributed by atoms with E-state index in [1.165, 1.54) is 29.0 Å². The number of pyridine rings is 1. The minimum Gasteiger partial charge on any atom is -0.455 e. The molecule has 3 aliphatic rings. The lowest BCUT2D eigenvalue weighted by atomic mass is 9.73. The van der Waals surface area contributed by atoms with Gasteiger partial charge in [-0.1, -0.05) is 43.2 Å². The standard InChI is InChI=1S/C52H62ClF3N8O8S2/c1-50(2,3)72-49(66)64-27-21-61(22-28-64)20-6-18-57-44-14-12-41(31-46(44)73(67,68)52(54,55)56)74(69,70)60-48(65)43-13-11-39(30-45(43)71-40-29-36-16-19-58-47(36)59-33-40)63-25-23-62(24-26-63)34-37-32-51(4,5)17-15-42(37)35-7-9-38(53)10-8-35/h7-14,16,19,29-31,33,57H,6,15,17-18,20-28,32,34H2,1-5H3,(H,58,59)(H,60,65). The Morgan fingerprint density at radius 3 is 2.26 bits per heavy atom. The number of aromatic amines is 1. The molecule has 0 atom stereocenters. The van der Waals surface area contributed by atoms with E-state index in [0.29, 0.717) is 80.0 Å². The maximum atomic E-state index is 14.1. The first-order valence-corrected chi connectivity index (χ1v) is 27.8. The van der Waals surface area contributed by atoms with Crippen LogP contribution in [0.15, 0.2) is 101 Å². The van der Waals surface area contributed by atoms with E-state index in [1.807, 2.05) is 21.8 Å². The lowest BCUT2D eigenvalue weighted by Gasteiger charge is -2.39. The summed E-state index contributed by atoms with van der Waals surface area (Å²) in [6, 6.07) is 18.4. The van der Waals surface area contributed by atoms with Crippen LogP contribution in [0.2, 0.25) is 5.02 Å². The Labute approximate surface area is 435 Å². The van der Waals surface area contributed by atoms with Crippen molar-refractivity contribution in [1.82, 2.24) is 29.4 Å². The molecule has 0 saturated carbocycles. The zero-order chi connectivity index (χ0) is 53.2. The Bertz CT molecular complexity index is 3130. The van der Waals surface area contributed by atoms with Crippen LogP contribution in [0.3, 0.4) is 0 Å². The second-order valence-electron chi connectivity index (χ2n) is 20.7. The van der Waals surface area contributed by atoms with E-state index < -0.39 is 58.4 Å². The van der Waals surface area contributed by atoms with E-state index in [1.54, 1.807) is 56.1 Å². The number of rotatable bonds is 15. The van der Waals surface area contributed by atoms with Crippen LogP contribution < -0.4 is 19.7 Å². The topological polar surface area (TPSA) is 187 Å². The Morgan fingerprint density at radius 2 is 1.57 bits per heavy atom. The number of aromatic nitrogens is 2. The van der Waals surface area contributed by atoms with Gasteiger partial charge >= 0.3 is 11.6 Å². The van der Waals surface area contributed by atoms with Gasteiger partial charge in [0.25, 0.3) is 25.8 Å². The second-order valence-corrected chi connectivity index (χ2v) is 24.7. The van der Waals surface area contributed by atoms with Gasteiger partial charge in [0.05, 0.1) is 22.3 Å². The number of allylic oxidation sites excluding steroid dienone is 1. The zero-order valence-electron chi connectivity index (χ0n) is 42.0. The first-order valence-electron chi connectivity index (χ1n) is 24.5. The van der Waals surface area contributed by atoms with Gasteiger partial charge in [0.2, 0.25) is 0 Å². The number of nitrogens with one attached hydrogen (secondary N) is 3. The largest absolute Gasteiger partial charge is 0.501 e. The van der Waals surface area contributed by atoms with E-state index in [4.69, 9.17) is 21.1 Å². The van der Waals surface area contributed by atoms with Crippen molar-refractivity contribution in [3.8, 4) is 11.5 Å². The molecule has 0 unspecified atom stereocenters. The number of alkyl halides is 3. The van der Waals surface area contributed by atoms with Crippen LogP contribution >= 0.6 is 11.6 Å². The molecule has 2 saturated heterocycles. The predicted octanol–water partition coefficient (Wildman–Crippen LogP) is 9.56. The zero-order valence-corrected chi connectivity index (χ0v) is 44.4. The van der Waals surface area contributed by atoms with E-state index in [-0.39, 0.29) is 29.0 Å². The summed E-state index contributed by atoms with van der Waals surface area (Å²) >= 11 is 6.23. The van der Waals surface area contributed by atoms with Crippen LogP contribution in [-0.4, -0.2) is 137 Å². The third-order valence-electron chi connectivity index (χ3n) is 13.4. The second kappa shape index (κ2) is 21.8. The smallest absolute Gasteiger partial charge is 0.455 e. The van der Waals surface area contributed by atoms with Gasteiger partial charge in [0.1, 0.15) is 27.6 Å². The van der Waals surface area contributed by atoms with Crippen molar-refractivity contribution >= 4 is 71.4 Å². The highest BCUT2D eigenvalue weighted by Gasteiger charge is 2.48. The van der Waals surface area contributed by atoms with Crippen LogP contribution in [-0.2, 0) is 24.6 Å². The lowest BCUT2D eigenvalue weighted by molar-refractivity contribution is -0.0436. The Hall–Kier alpha value is -5.87. The number of benzene rings is 3. The van der Waals surface area contributed by atoms with Gasteiger partial charge in [-0.15, -0.1) is 0 Å². The fraction of sp³-hybridized carbons (Fsp3) is 0.442. The quantitative estimate of drug-likeness (QED) is 0.0843. The van der Waals surface area contributed by atoms with Gasteiger partial charge in [0.15, 0.2) is 0 Å². The fourth-order valence-electron chi connectivity index (χ4n) is 9.49. The van der Waals surface area contributed by atoms with Gasteiger partial charge in [0, 0.05) is 93.8 Å². The number of halogens is 4. The number of amides is 2. The molecular weight excluding hydrogens is 1020 g/mol. The highest BCUT2D eigenvalue weighted by atomic mass is 35.5. The third-order valence-corrected chi connectivity index (χ3v) is 16.5. The molecule has 398 valence electrons. The average molecular weight is 1080 g/mol. The number of piperazine rings is 2. The molecule has 2 amide bonds. The van der Waals surface area contributed by atoms with Gasteiger partial charge in [-0.25, -0.2) is 31.3 Å². The highest BCUT2D eigenvalue weighted by molar-refractivity contribution is 7.92. The number of fused-ring (bicyclic) bond motifs is 1. The first-order chi connectivity index (χ1) is 34.8. The number of sulfone groups is 1. The molecule has 3 aromatic carbocycles. The molecular formula is C52H62ClF3N8O8S2. The molecule has 0 radical (unpaired) electrons. The highest BCUT2D eigenvalue weighted by Crippen LogP contribution is 2.43. The molecule has 16 nitrogen and oxygen atoms in total. The van der Waals surface area contributed by atoms with Gasteiger partial charge in [-0.05, 0) is 124 Å². The minimum atomic E-state index is -6.10.